The van der Waals surface area contributed by atoms with Gasteiger partial charge in [0.1, 0.15) is 0 Å². The van der Waals surface area contributed by atoms with Crippen molar-refractivity contribution in [3.63, 3.8) is 0 Å². The molecule has 1 N–H and O–H groups in total. The molecule has 2 aliphatic heterocycles. The molecule has 0 aromatic rings. The summed E-state index contributed by atoms with van der Waals surface area (Å²) in [7, 11) is -3.39. The lowest BCUT2D eigenvalue weighted by Gasteiger charge is -2.42. The van der Waals surface area contributed by atoms with Crippen LogP contribution in [0.15, 0.2) is 0 Å². The standard InChI is InChI=1S/C16H27N3O4S/c1-24(22,23)17-11-14(20)18-10-8-16(12-18)7-4-9-19(15(16)21)13-5-2-3-6-13/h13,17H,2-12H2,1H3/t16-/m1/s1. The van der Waals surface area contributed by atoms with Crippen molar-refractivity contribution in [1.82, 2.24) is 14.5 Å². The topological polar surface area (TPSA) is 86.8 Å². The zero-order chi connectivity index (χ0) is 17.4. The predicted molar refractivity (Wildman–Crippen MR) is 89.7 cm³/mol. The molecule has 136 valence electrons. The molecule has 2 amide bonds. The van der Waals surface area contributed by atoms with Crippen LogP contribution in [-0.4, -0.2) is 68.5 Å². The Hall–Kier alpha value is -1.15. The van der Waals surface area contributed by atoms with Crippen molar-refractivity contribution in [3.8, 4) is 0 Å². The van der Waals surface area contributed by atoms with Crippen LogP contribution in [0.25, 0.3) is 0 Å². The van der Waals surface area contributed by atoms with Crippen LogP contribution in [0.4, 0.5) is 0 Å². The fourth-order valence-electron chi connectivity index (χ4n) is 4.43. The Kier molecular flexibility index (Phi) is 4.88. The Balaban J connectivity index is 1.64. The molecule has 1 atom stereocenters. The highest BCUT2D eigenvalue weighted by Gasteiger charge is 2.50. The Morgan fingerprint density at radius 2 is 1.92 bits per heavy atom. The van der Waals surface area contributed by atoms with E-state index in [9.17, 15) is 18.0 Å². The lowest BCUT2D eigenvalue weighted by atomic mass is 9.77. The van der Waals surface area contributed by atoms with Crippen molar-refractivity contribution in [2.45, 2.75) is 51.0 Å². The Morgan fingerprint density at radius 3 is 2.58 bits per heavy atom. The summed E-state index contributed by atoms with van der Waals surface area (Å²) in [6.45, 7) is 1.58. The maximum absolute atomic E-state index is 13.1. The number of rotatable bonds is 4. The van der Waals surface area contributed by atoms with E-state index in [0.29, 0.717) is 25.6 Å². The molecular formula is C16H27N3O4S. The third kappa shape index (κ3) is 3.59. The number of carbonyl (C=O) groups is 2. The van der Waals surface area contributed by atoms with Crippen LogP contribution in [0.3, 0.4) is 0 Å². The highest BCUT2D eigenvalue weighted by atomic mass is 32.2. The molecule has 24 heavy (non-hydrogen) atoms. The Bertz CT molecular complexity index is 615. The molecule has 0 aromatic heterocycles. The van der Waals surface area contributed by atoms with Crippen molar-refractivity contribution >= 4 is 21.8 Å². The van der Waals surface area contributed by atoms with Crippen LogP contribution in [0.2, 0.25) is 0 Å². The van der Waals surface area contributed by atoms with Gasteiger partial charge in [0.25, 0.3) is 0 Å². The van der Waals surface area contributed by atoms with Gasteiger partial charge in [0, 0.05) is 25.7 Å². The van der Waals surface area contributed by atoms with Gasteiger partial charge in [0.15, 0.2) is 0 Å². The molecule has 0 unspecified atom stereocenters. The van der Waals surface area contributed by atoms with E-state index in [4.69, 9.17) is 0 Å². The third-order valence-corrected chi connectivity index (χ3v) is 6.40. The maximum atomic E-state index is 13.1. The van der Waals surface area contributed by atoms with Crippen molar-refractivity contribution in [3.05, 3.63) is 0 Å². The predicted octanol–water partition coefficient (Wildman–Crippen LogP) is 0.319. The van der Waals surface area contributed by atoms with Gasteiger partial charge < -0.3 is 9.80 Å². The average Bonchev–Trinajstić information content (AvgIpc) is 3.18. The van der Waals surface area contributed by atoms with E-state index in [1.807, 2.05) is 0 Å². The second-order valence-corrected chi connectivity index (χ2v) is 9.31. The summed E-state index contributed by atoms with van der Waals surface area (Å²) in [5, 5.41) is 0. The highest BCUT2D eigenvalue weighted by Crippen LogP contribution is 2.42. The molecule has 8 heteroatoms. The molecule has 7 nitrogen and oxygen atoms in total. The number of nitrogens with zero attached hydrogens (tertiary/aromatic N) is 2. The molecule has 3 aliphatic rings. The highest BCUT2D eigenvalue weighted by molar-refractivity contribution is 7.88. The summed E-state index contributed by atoms with van der Waals surface area (Å²) in [5.41, 5.74) is -0.443. The number of carbonyl (C=O) groups excluding carboxylic acids is 2. The van der Waals surface area contributed by atoms with Crippen molar-refractivity contribution in [2.24, 2.45) is 5.41 Å². The second kappa shape index (κ2) is 6.63. The third-order valence-electron chi connectivity index (χ3n) is 5.73. The van der Waals surface area contributed by atoms with E-state index in [1.54, 1.807) is 4.90 Å². The number of piperidine rings is 1. The van der Waals surface area contributed by atoms with Gasteiger partial charge in [-0.25, -0.2) is 13.1 Å². The first-order valence-corrected chi connectivity index (χ1v) is 10.7. The van der Waals surface area contributed by atoms with Gasteiger partial charge in [-0.15, -0.1) is 0 Å². The van der Waals surface area contributed by atoms with Crippen molar-refractivity contribution < 1.29 is 18.0 Å². The summed E-state index contributed by atoms with van der Waals surface area (Å²) < 4.78 is 24.5. The van der Waals surface area contributed by atoms with Crippen LogP contribution in [-0.2, 0) is 19.6 Å². The van der Waals surface area contributed by atoms with E-state index in [1.165, 1.54) is 12.8 Å². The molecule has 1 saturated carbocycles. The molecule has 3 fully saturated rings. The largest absolute Gasteiger partial charge is 0.340 e. The summed E-state index contributed by atoms with van der Waals surface area (Å²) in [6.07, 6.45) is 8.15. The molecule has 0 aromatic carbocycles. The Morgan fingerprint density at radius 1 is 1.21 bits per heavy atom. The van der Waals surface area contributed by atoms with Gasteiger partial charge in [-0.1, -0.05) is 12.8 Å². The molecule has 2 heterocycles. The van der Waals surface area contributed by atoms with Crippen molar-refractivity contribution in [2.75, 3.05) is 32.4 Å². The number of amides is 2. The minimum absolute atomic E-state index is 0.215. The second-order valence-electron chi connectivity index (χ2n) is 7.48. The van der Waals surface area contributed by atoms with Gasteiger partial charge in [0.2, 0.25) is 21.8 Å². The monoisotopic (exact) mass is 357 g/mol. The van der Waals surface area contributed by atoms with Crippen LogP contribution >= 0.6 is 0 Å². The summed E-state index contributed by atoms with van der Waals surface area (Å²) in [4.78, 5) is 29.1. The van der Waals surface area contributed by atoms with Crippen LogP contribution in [0.5, 0.6) is 0 Å². The molecular weight excluding hydrogens is 330 g/mol. The van der Waals surface area contributed by atoms with Crippen LogP contribution in [0, 0.1) is 5.41 Å². The van der Waals surface area contributed by atoms with Crippen LogP contribution in [0.1, 0.15) is 44.9 Å². The minimum Gasteiger partial charge on any atom is -0.340 e. The summed E-state index contributed by atoms with van der Waals surface area (Å²) in [5.74, 6) is -0.0323. The van der Waals surface area contributed by atoms with Gasteiger partial charge in [-0.2, -0.15) is 0 Å². The first kappa shape index (κ1) is 17.7. The zero-order valence-electron chi connectivity index (χ0n) is 14.3. The van der Waals surface area contributed by atoms with Gasteiger partial charge in [0.05, 0.1) is 18.2 Å². The number of nitrogens with one attached hydrogen (secondary N) is 1. The van der Waals surface area contributed by atoms with Crippen LogP contribution < -0.4 is 4.72 Å². The Labute approximate surface area is 143 Å². The fraction of sp³-hybridized carbons (Fsp3) is 0.875. The quantitative estimate of drug-likeness (QED) is 0.785. The first-order valence-electron chi connectivity index (χ1n) is 8.84. The van der Waals surface area contributed by atoms with Gasteiger partial charge in [-0.05, 0) is 32.1 Å². The van der Waals surface area contributed by atoms with E-state index < -0.39 is 15.4 Å². The minimum atomic E-state index is -3.39. The van der Waals surface area contributed by atoms with E-state index in [-0.39, 0.29) is 18.4 Å². The summed E-state index contributed by atoms with van der Waals surface area (Å²) >= 11 is 0. The number of hydrogen-bond donors (Lipinski definition) is 1. The van der Waals surface area contributed by atoms with E-state index in [0.717, 1.165) is 38.5 Å². The van der Waals surface area contributed by atoms with E-state index >= 15 is 0 Å². The number of likely N-dealkylation sites (tertiary alicyclic amines) is 2. The fourth-order valence-corrected chi connectivity index (χ4v) is 4.82. The lowest BCUT2D eigenvalue weighted by Crippen LogP contribution is -2.53. The molecule has 2 saturated heterocycles. The summed E-state index contributed by atoms with van der Waals surface area (Å²) in [6, 6.07) is 0.381. The number of sulfonamides is 1. The van der Waals surface area contributed by atoms with Crippen molar-refractivity contribution in [1.29, 1.82) is 0 Å². The zero-order valence-corrected chi connectivity index (χ0v) is 15.1. The SMILES string of the molecule is CS(=O)(=O)NCC(=O)N1CC[C@]2(CCCN(C3CCCC3)C2=O)C1. The molecule has 3 rings (SSSR count). The normalized spacial score (nSPS) is 29.0. The maximum Gasteiger partial charge on any atom is 0.237 e. The first-order chi connectivity index (χ1) is 11.3. The number of hydrogen-bond acceptors (Lipinski definition) is 4. The smallest absolute Gasteiger partial charge is 0.237 e. The van der Waals surface area contributed by atoms with Gasteiger partial charge >= 0.3 is 0 Å². The average molecular weight is 357 g/mol. The molecule has 1 spiro atoms. The molecule has 0 bridgehead atoms. The molecule has 1 aliphatic carbocycles. The lowest BCUT2D eigenvalue weighted by molar-refractivity contribution is -0.148. The van der Waals surface area contributed by atoms with E-state index in [2.05, 4.69) is 9.62 Å². The molecule has 0 radical (unpaired) electrons. The van der Waals surface area contributed by atoms with Gasteiger partial charge in [-0.3, -0.25) is 9.59 Å².